The van der Waals surface area contributed by atoms with E-state index in [0.29, 0.717) is 38.2 Å². The Hall–Kier alpha value is -1.83. The summed E-state index contributed by atoms with van der Waals surface area (Å²) in [5, 5.41) is 6.25. The average molecular weight is 398 g/mol. The normalized spacial score (nSPS) is 21.5. The lowest BCUT2D eigenvalue weighted by Gasteiger charge is -2.36. The first-order valence-corrected chi connectivity index (χ1v) is 9.06. The van der Waals surface area contributed by atoms with Crippen LogP contribution in [0.25, 0.3) is 0 Å². The lowest BCUT2D eigenvalue weighted by Crippen LogP contribution is -2.53. The molecule has 0 aliphatic carbocycles. The van der Waals surface area contributed by atoms with Crippen LogP contribution in [0.2, 0.25) is 0 Å². The Balaban J connectivity index is 0.00000261. The van der Waals surface area contributed by atoms with Crippen LogP contribution in [0, 0.1) is 5.41 Å². The fourth-order valence-corrected chi connectivity index (χ4v) is 3.84. The largest absolute Gasteiger partial charge is 0.495 e. The summed E-state index contributed by atoms with van der Waals surface area (Å²) in [7, 11) is 3.20. The van der Waals surface area contributed by atoms with Crippen molar-refractivity contribution in [1.29, 1.82) is 0 Å². The summed E-state index contributed by atoms with van der Waals surface area (Å²) >= 11 is 0. The first-order valence-electron chi connectivity index (χ1n) is 9.06. The van der Waals surface area contributed by atoms with Crippen LogP contribution in [0.1, 0.15) is 19.3 Å². The summed E-state index contributed by atoms with van der Waals surface area (Å²) in [5.74, 6) is 0.479. The molecular formula is C19H28ClN3O4. The Morgan fingerprint density at radius 1 is 1.30 bits per heavy atom. The number of piperidine rings is 1. The number of halogens is 1. The first kappa shape index (κ1) is 21.5. The highest BCUT2D eigenvalue weighted by Crippen LogP contribution is 2.33. The molecule has 2 saturated heterocycles. The second-order valence-corrected chi connectivity index (χ2v) is 6.94. The fraction of sp³-hybridized carbons (Fsp3) is 0.579. The van der Waals surface area contributed by atoms with Gasteiger partial charge in [-0.2, -0.15) is 0 Å². The minimum absolute atomic E-state index is 0. The molecule has 7 nitrogen and oxygen atoms in total. The molecule has 0 saturated carbocycles. The summed E-state index contributed by atoms with van der Waals surface area (Å²) < 4.78 is 10.7. The maximum absolute atomic E-state index is 13.0. The van der Waals surface area contributed by atoms with Gasteiger partial charge in [-0.15, -0.1) is 12.4 Å². The molecular weight excluding hydrogens is 370 g/mol. The van der Waals surface area contributed by atoms with E-state index in [1.807, 2.05) is 24.3 Å². The van der Waals surface area contributed by atoms with Gasteiger partial charge in [0.15, 0.2) is 0 Å². The van der Waals surface area contributed by atoms with Crippen LogP contribution in [0.4, 0.5) is 5.69 Å². The van der Waals surface area contributed by atoms with Gasteiger partial charge in [0, 0.05) is 13.7 Å². The number of carbonyl (C=O) groups is 2. The van der Waals surface area contributed by atoms with Gasteiger partial charge in [0.1, 0.15) is 11.8 Å². The number of methoxy groups -OCH3 is 2. The Morgan fingerprint density at radius 2 is 2.00 bits per heavy atom. The SMILES string of the molecule is COCC1(C(=O)NC2CCN(c3ccccc3OC)C2=O)CCNCC1.Cl. The van der Waals surface area contributed by atoms with Crippen molar-refractivity contribution in [3.05, 3.63) is 24.3 Å². The zero-order chi connectivity index (χ0) is 18.6. The molecule has 0 bridgehead atoms. The molecule has 150 valence electrons. The molecule has 1 atom stereocenters. The van der Waals surface area contributed by atoms with E-state index in [0.717, 1.165) is 18.8 Å². The van der Waals surface area contributed by atoms with Gasteiger partial charge in [0.05, 0.1) is 24.8 Å². The van der Waals surface area contributed by atoms with E-state index in [-0.39, 0.29) is 24.2 Å². The molecule has 2 aliphatic heterocycles. The number of hydrogen-bond donors (Lipinski definition) is 2. The smallest absolute Gasteiger partial charge is 0.249 e. The van der Waals surface area contributed by atoms with E-state index in [1.54, 1.807) is 19.1 Å². The van der Waals surface area contributed by atoms with Gasteiger partial charge in [-0.3, -0.25) is 9.59 Å². The van der Waals surface area contributed by atoms with Crippen molar-refractivity contribution in [2.45, 2.75) is 25.3 Å². The van der Waals surface area contributed by atoms with Gasteiger partial charge in [0.25, 0.3) is 0 Å². The molecule has 3 rings (SSSR count). The number of ether oxygens (including phenoxy) is 2. The summed E-state index contributed by atoms with van der Waals surface area (Å²) in [5.41, 5.74) is 0.184. The lowest BCUT2D eigenvalue weighted by molar-refractivity contribution is -0.138. The van der Waals surface area contributed by atoms with E-state index in [4.69, 9.17) is 9.47 Å². The Labute approximate surface area is 166 Å². The number of carbonyl (C=O) groups excluding carboxylic acids is 2. The predicted molar refractivity (Wildman–Crippen MR) is 106 cm³/mol. The number of anilines is 1. The van der Waals surface area contributed by atoms with Gasteiger partial charge < -0.3 is 25.0 Å². The topological polar surface area (TPSA) is 79.9 Å². The fourth-order valence-electron chi connectivity index (χ4n) is 3.84. The van der Waals surface area contributed by atoms with Crippen molar-refractivity contribution in [1.82, 2.24) is 10.6 Å². The standard InChI is InChI=1S/C19H27N3O4.ClH/c1-25-13-19(8-10-20-11-9-19)18(24)21-14-7-12-22(17(14)23)15-5-3-4-6-16(15)26-2;/h3-6,14,20H,7-13H2,1-2H3,(H,21,24);1H. The molecule has 0 aromatic heterocycles. The molecule has 1 aromatic carbocycles. The second-order valence-electron chi connectivity index (χ2n) is 6.94. The van der Waals surface area contributed by atoms with Gasteiger partial charge in [-0.1, -0.05) is 12.1 Å². The first-order chi connectivity index (χ1) is 12.6. The van der Waals surface area contributed by atoms with Crippen LogP contribution in [0.3, 0.4) is 0 Å². The predicted octanol–water partition coefficient (Wildman–Crippen LogP) is 1.35. The molecule has 8 heteroatoms. The van der Waals surface area contributed by atoms with Crippen molar-refractivity contribution >= 4 is 29.9 Å². The average Bonchev–Trinajstić information content (AvgIpc) is 3.03. The van der Waals surface area contributed by atoms with E-state index < -0.39 is 11.5 Å². The second kappa shape index (κ2) is 9.39. The van der Waals surface area contributed by atoms with Crippen molar-refractivity contribution in [2.24, 2.45) is 5.41 Å². The van der Waals surface area contributed by atoms with Crippen molar-refractivity contribution in [3.8, 4) is 5.75 Å². The number of hydrogen-bond acceptors (Lipinski definition) is 5. The highest BCUT2D eigenvalue weighted by molar-refractivity contribution is 6.02. The molecule has 0 radical (unpaired) electrons. The van der Waals surface area contributed by atoms with E-state index in [1.165, 1.54) is 0 Å². The maximum atomic E-state index is 13.0. The van der Waals surface area contributed by atoms with E-state index in [2.05, 4.69) is 10.6 Å². The van der Waals surface area contributed by atoms with Crippen LogP contribution in [-0.4, -0.2) is 58.3 Å². The minimum Gasteiger partial charge on any atom is -0.495 e. The third-order valence-corrected chi connectivity index (χ3v) is 5.35. The summed E-state index contributed by atoms with van der Waals surface area (Å²) in [6.45, 7) is 2.49. The maximum Gasteiger partial charge on any atom is 0.249 e. The molecule has 2 heterocycles. The molecule has 0 spiro atoms. The third kappa shape index (κ3) is 4.36. The third-order valence-electron chi connectivity index (χ3n) is 5.35. The molecule has 2 fully saturated rings. The van der Waals surface area contributed by atoms with Crippen LogP contribution >= 0.6 is 12.4 Å². The zero-order valence-electron chi connectivity index (χ0n) is 15.8. The number of nitrogens with one attached hydrogen (secondary N) is 2. The van der Waals surface area contributed by atoms with Crippen molar-refractivity contribution < 1.29 is 19.1 Å². The summed E-state index contributed by atoms with van der Waals surface area (Å²) in [6.07, 6.45) is 2.01. The summed E-state index contributed by atoms with van der Waals surface area (Å²) in [6, 6.07) is 6.93. The Morgan fingerprint density at radius 3 is 2.67 bits per heavy atom. The van der Waals surface area contributed by atoms with Crippen molar-refractivity contribution in [2.75, 3.05) is 45.4 Å². The molecule has 27 heavy (non-hydrogen) atoms. The van der Waals surface area contributed by atoms with Gasteiger partial charge in [-0.05, 0) is 44.5 Å². The van der Waals surface area contributed by atoms with E-state index in [9.17, 15) is 9.59 Å². The molecule has 1 unspecified atom stereocenters. The number of nitrogens with zero attached hydrogens (tertiary/aromatic N) is 1. The Kier molecular flexibility index (Phi) is 7.47. The number of rotatable bonds is 6. The van der Waals surface area contributed by atoms with Crippen molar-refractivity contribution in [3.63, 3.8) is 0 Å². The van der Waals surface area contributed by atoms with Gasteiger partial charge >= 0.3 is 0 Å². The number of para-hydroxylation sites is 2. The zero-order valence-corrected chi connectivity index (χ0v) is 16.6. The van der Waals surface area contributed by atoms with Gasteiger partial charge in [0.2, 0.25) is 11.8 Å². The molecule has 2 aliphatic rings. The molecule has 1 aromatic rings. The number of benzene rings is 1. The minimum atomic E-state index is -0.557. The van der Waals surface area contributed by atoms with Gasteiger partial charge in [-0.25, -0.2) is 0 Å². The van der Waals surface area contributed by atoms with Crippen LogP contribution in [0.15, 0.2) is 24.3 Å². The highest BCUT2D eigenvalue weighted by Gasteiger charge is 2.43. The van der Waals surface area contributed by atoms with Crippen LogP contribution in [-0.2, 0) is 14.3 Å². The van der Waals surface area contributed by atoms with Crippen LogP contribution in [0.5, 0.6) is 5.75 Å². The quantitative estimate of drug-likeness (QED) is 0.757. The molecule has 2 amide bonds. The van der Waals surface area contributed by atoms with E-state index >= 15 is 0 Å². The Bertz CT molecular complexity index is 659. The highest BCUT2D eigenvalue weighted by atomic mass is 35.5. The molecule has 2 N–H and O–H groups in total. The van der Waals surface area contributed by atoms with Crippen LogP contribution < -0.4 is 20.3 Å². The monoisotopic (exact) mass is 397 g/mol. The lowest BCUT2D eigenvalue weighted by atomic mass is 9.78. The summed E-state index contributed by atoms with van der Waals surface area (Å²) in [4.78, 5) is 27.5. The number of amides is 2.